The molecule has 0 fully saturated rings. The molecule has 36 heavy (non-hydrogen) atoms. The summed E-state index contributed by atoms with van der Waals surface area (Å²) in [6.07, 6.45) is 4.93. The number of para-hydroxylation sites is 1. The first-order valence-corrected chi connectivity index (χ1v) is 11.2. The van der Waals surface area contributed by atoms with Gasteiger partial charge < -0.3 is 14.4 Å². The van der Waals surface area contributed by atoms with E-state index in [2.05, 4.69) is 22.1 Å². The van der Waals surface area contributed by atoms with Gasteiger partial charge in [-0.1, -0.05) is 36.4 Å². The van der Waals surface area contributed by atoms with E-state index in [4.69, 9.17) is 4.74 Å². The number of aryl methyl sites for hydroxylation is 1. The maximum absolute atomic E-state index is 11.9. The standard InChI is InChI=1S/C29H21N5O2/c1-34-19-32-17-27(34)29(35,23-10-7-20(15-30)8-11-23)18-36-26-12-9-21(16-31)14-25(26)24-6-2-4-22-5-3-13-33-28(22)24/h2-14,17,19,35H,18H2,1H3. The molecular weight excluding hydrogens is 450 g/mol. The number of aliphatic hydroxyl groups is 1. The molecule has 7 nitrogen and oxygen atoms in total. The second-order valence-electron chi connectivity index (χ2n) is 8.43. The molecule has 1 N–H and O–H groups in total. The van der Waals surface area contributed by atoms with Crippen LogP contribution >= 0.6 is 0 Å². The van der Waals surface area contributed by atoms with E-state index in [0.717, 1.165) is 16.5 Å². The van der Waals surface area contributed by atoms with Gasteiger partial charge in [-0.15, -0.1) is 0 Å². The highest BCUT2D eigenvalue weighted by atomic mass is 16.5. The maximum atomic E-state index is 11.9. The number of rotatable bonds is 6. The monoisotopic (exact) mass is 471 g/mol. The van der Waals surface area contributed by atoms with Crippen molar-refractivity contribution in [3.63, 3.8) is 0 Å². The molecule has 0 aliphatic carbocycles. The van der Waals surface area contributed by atoms with Gasteiger partial charge in [0.1, 0.15) is 12.4 Å². The van der Waals surface area contributed by atoms with E-state index in [1.54, 1.807) is 72.8 Å². The van der Waals surface area contributed by atoms with Crippen LogP contribution < -0.4 is 4.74 Å². The Balaban J connectivity index is 1.59. The number of benzene rings is 3. The highest BCUT2D eigenvalue weighted by Gasteiger charge is 2.36. The lowest BCUT2D eigenvalue weighted by Crippen LogP contribution is -2.36. The van der Waals surface area contributed by atoms with Gasteiger partial charge in [0.05, 0.1) is 47.0 Å². The Morgan fingerprint density at radius 1 is 0.944 bits per heavy atom. The van der Waals surface area contributed by atoms with Gasteiger partial charge in [0.2, 0.25) is 0 Å². The number of imidazole rings is 1. The Morgan fingerprint density at radius 3 is 2.42 bits per heavy atom. The third kappa shape index (κ3) is 4.05. The van der Waals surface area contributed by atoms with Crippen LogP contribution in [0.3, 0.4) is 0 Å². The summed E-state index contributed by atoms with van der Waals surface area (Å²) in [5, 5.41) is 31.6. The molecule has 1 unspecified atom stereocenters. The first kappa shape index (κ1) is 22.8. The summed E-state index contributed by atoms with van der Waals surface area (Å²) >= 11 is 0. The van der Waals surface area contributed by atoms with Crippen LogP contribution in [0.5, 0.6) is 5.75 Å². The number of nitriles is 2. The van der Waals surface area contributed by atoms with Gasteiger partial charge in [0.15, 0.2) is 5.60 Å². The van der Waals surface area contributed by atoms with E-state index >= 15 is 0 Å². The molecule has 2 heterocycles. The van der Waals surface area contributed by atoms with E-state index in [1.807, 2.05) is 30.3 Å². The van der Waals surface area contributed by atoms with Crippen molar-refractivity contribution in [1.29, 1.82) is 10.5 Å². The van der Waals surface area contributed by atoms with Crippen molar-refractivity contribution in [3.8, 4) is 29.0 Å². The molecule has 3 aromatic carbocycles. The average molecular weight is 472 g/mol. The predicted molar refractivity (Wildman–Crippen MR) is 135 cm³/mol. The third-order valence-electron chi connectivity index (χ3n) is 6.20. The minimum atomic E-state index is -1.55. The molecule has 0 amide bonds. The molecular formula is C29H21N5O2. The van der Waals surface area contributed by atoms with Gasteiger partial charge >= 0.3 is 0 Å². The van der Waals surface area contributed by atoms with Gasteiger partial charge in [0, 0.05) is 29.8 Å². The largest absolute Gasteiger partial charge is 0.489 e. The predicted octanol–water partition coefficient (Wildman–Crippen LogP) is 4.69. The van der Waals surface area contributed by atoms with Crippen molar-refractivity contribution in [2.75, 3.05) is 6.61 Å². The van der Waals surface area contributed by atoms with Crippen LogP contribution in [0.4, 0.5) is 0 Å². The van der Waals surface area contributed by atoms with Crippen molar-refractivity contribution < 1.29 is 9.84 Å². The first-order valence-electron chi connectivity index (χ1n) is 11.2. The summed E-state index contributed by atoms with van der Waals surface area (Å²) in [5.41, 5.74) is 2.83. The number of fused-ring (bicyclic) bond motifs is 1. The molecule has 0 radical (unpaired) electrons. The SMILES string of the molecule is Cn1cncc1C(O)(COc1ccc(C#N)cc1-c1cccc2cccnc12)c1ccc(C#N)cc1. The minimum absolute atomic E-state index is 0.129. The van der Waals surface area contributed by atoms with Gasteiger partial charge in [0.25, 0.3) is 0 Å². The van der Waals surface area contributed by atoms with Crippen LogP contribution in [0, 0.1) is 22.7 Å². The first-order chi connectivity index (χ1) is 17.5. The highest BCUT2D eigenvalue weighted by Crippen LogP contribution is 2.37. The topological polar surface area (TPSA) is 108 Å². The maximum Gasteiger partial charge on any atom is 0.165 e. The Hall–Kier alpha value is -4.98. The van der Waals surface area contributed by atoms with Crippen molar-refractivity contribution in [2.45, 2.75) is 5.60 Å². The van der Waals surface area contributed by atoms with Crippen LogP contribution in [0.25, 0.3) is 22.0 Å². The van der Waals surface area contributed by atoms with Crippen LogP contribution in [0.2, 0.25) is 0 Å². The molecule has 7 heteroatoms. The smallest absolute Gasteiger partial charge is 0.165 e. The third-order valence-corrected chi connectivity index (χ3v) is 6.20. The molecule has 0 aliphatic rings. The van der Waals surface area contributed by atoms with E-state index in [-0.39, 0.29) is 6.61 Å². The van der Waals surface area contributed by atoms with Gasteiger partial charge in [-0.2, -0.15) is 10.5 Å². The van der Waals surface area contributed by atoms with E-state index < -0.39 is 5.60 Å². The van der Waals surface area contributed by atoms with Crippen LogP contribution in [-0.2, 0) is 12.6 Å². The van der Waals surface area contributed by atoms with E-state index in [1.165, 1.54) is 0 Å². The van der Waals surface area contributed by atoms with Gasteiger partial charge in [-0.05, 0) is 42.0 Å². The Kier molecular flexibility index (Phi) is 5.92. The summed E-state index contributed by atoms with van der Waals surface area (Å²) in [4.78, 5) is 8.73. The zero-order valence-corrected chi connectivity index (χ0v) is 19.5. The van der Waals surface area contributed by atoms with Crippen LogP contribution in [0.1, 0.15) is 22.4 Å². The van der Waals surface area contributed by atoms with Crippen molar-refractivity contribution >= 4 is 10.9 Å². The molecule has 5 rings (SSSR count). The Bertz CT molecular complexity index is 1640. The number of ether oxygens (including phenoxy) is 1. The fourth-order valence-electron chi connectivity index (χ4n) is 4.32. The summed E-state index contributed by atoms with van der Waals surface area (Å²) in [6.45, 7) is -0.129. The van der Waals surface area contributed by atoms with E-state index in [0.29, 0.717) is 33.7 Å². The molecule has 174 valence electrons. The number of hydrogen-bond donors (Lipinski definition) is 1. The van der Waals surface area contributed by atoms with Crippen molar-refractivity contribution in [3.05, 3.63) is 114 Å². The zero-order chi connectivity index (χ0) is 25.1. The summed E-state index contributed by atoms with van der Waals surface area (Å²) < 4.78 is 8.03. The second kappa shape index (κ2) is 9.34. The Morgan fingerprint density at radius 2 is 1.69 bits per heavy atom. The highest BCUT2D eigenvalue weighted by molar-refractivity contribution is 5.95. The van der Waals surface area contributed by atoms with E-state index in [9.17, 15) is 15.6 Å². The lowest BCUT2D eigenvalue weighted by Gasteiger charge is -2.29. The summed E-state index contributed by atoms with van der Waals surface area (Å²) in [5.74, 6) is 0.501. The molecule has 2 aromatic heterocycles. The molecule has 0 spiro atoms. The minimum Gasteiger partial charge on any atom is -0.489 e. The quantitative estimate of drug-likeness (QED) is 0.385. The second-order valence-corrected chi connectivity index (χ2v) is 8.43. The molecule has 0 saturated heterocycles. The van der Waals surface area contributed by atoms with Crippen molar-refractivity contribution in [1.82, 2.24) is 14.5 Å². The fourth-order valence-corrected chi connectivity index (χ4v) is 4.32. The van der Waals surface area contributed by atoms with Crippen molar-refractivity contribution in [2.24, 2.45) is 7.05 Å². The number of pyridine rings is 1. The number of aromatic nitrogens is 3. The molecule has 1 atom stereocenters. The van der Waals surface area contributed by atoms with Crippen LogP contribution in [-0.4, -0.2) is 26.2 Å². The number of hydrogen-bond acceptors (Lipinski definition) is 6. The summed E-state index contributed by atoms with van der Waals surface area (Å²) in [6, 6.07) is 25.9. The van der Waals surface area contributed by atoms with Gasteiger partial charge in [-0.25, -0.2) is 4.98 Å². The molecule has 0 bridgehead atoms. The lowest BCUT2D eigenvalue weighted by molar-refractivity contribution is 0.0218. The normalized spacial score (nSPS) is 12.4. The van der Waals surface area contributed by atoms with Gasteiger partial charge in [-0.3, -0.25) is 4.98 Å². The zero-order valence-electron chi connectivity index (χ0n) is 19.5. The summed E-state index contributed by atoms with van der Waals surface area (Å²) in [7, 11) is 1.80. The average Bonchev–Trinajstić information content (AvgIpc) is 3.38. The Labute approximate surface area is 208 Å². The molecule has 0 saturated carbocycles. The number of nitrogens with zero attached hydrogens (tertiary/aromatic N) is 5. The van der Waals surface area contributed by atoms with Crippen LogP contribution in [0.15, 0.2) is 91.5 Å². The lowest BCUT2D eigenvalue weighted by atomic mass is 9.90. The fraction of sp³-hybridized carbons (Fsp3) is 0.103. The molecule has 5 aromatic rings. The molecule has 0 aliphatic heterocycles.